The Morgan fingerprint density at radius 2 is 1.71 bits per heavy atom. The quantitative estimate of drug-likeness (QED) is 0.817. The van der Waals surface area contributed by atoms with Gasteiger partial charge in [0.25, 0.3) is 0 Å². The zero-order valence-electron chi connectivity index (χ0n) is 11.6. The molecule has 0 unspecified atom stereocenters. The van der Waals surface area contributed by atoms with E-state index in [1.165, 1.54) is 36.2 Å². The Morgan fingerprint density at radius 3 is 2.24 bits per heavy atom. The average molecular weight is 387 g/mol. The maximum Gasteiger partial charge on any atom is 0.242 e. The van der Waals surface area contributed by atoms with Gasteiger partial charge < -0.3 is 5.73 Å². The van der Waals surface area contributed by atoms with Gasteiger partial charge in [-0.3, -0.25) is 0 Å². The molecule has 0 bridgehead atoms. The molecular formula is C14H15BrN2O2S2. The van der Waals surface area contributed by atoms with Crippen LogP contribution >= 0.6 is 27.7 Å². The second-order valence-electron chi connectivity index (χ2n) is 4.54. The van der Waals surface area contributed by atoms with Gasteiger partial charge in [0.15, 0.2) is 0 Å². The van der Waals surface area contributed by atoms with Crippen molar-refractivity contribution < 1.29 is 8.42 Å². The monoisotopic (exact) mass is 386 g/mol. The highest BCUT2D eigenvalue weighted by atomic mass is 79.9. The second kappa shape index (κ2) is 6.39. The normalized spacial score (nSPS) is 11.8. The fourth-order valence-corrected chi connectivity index (χ4v) is 3.66. The minimum Gasteiger partial charge on any atom is -0.398 e. The Bertz CT molecular complexity index is 744. The van der Waals surface area contributed by atoms with Crippen molar-refractivity contribution >= 4 is 43.4 Å². The van der Waals surface area contributed by atoms with Crippen molar-refractivity contribution in [2.75, 3.05) is 19.8 Å². The molecule has 112 valence electrons. The maximum atomic E-state index is 12.0. The van der Waals surface area contributed by atoms with Gasteiger partial charge in [-0.1, -0.05) is 27.7 Å². The molecule has 0 amide bonds. The predicted molar refractivity (Wildman–Crippen MR) is 90.0 cm³/mol. The number of nitrogens with two attached hydrogens (primary N) is 1. The van der Waals surface area contributed by atoms with Crippen LogP contribution in [-0.2, 0) is 10.0 Å². The number of rotatable bonds is 4. The molecule has 21 heavy (non-hydrogen) atoms. The fraction of sp³-hybridized carbons (Fsp3) is 0.143. The number of halogens is 1. The first kappa shape index (κ1) is 16.4. The summed E-state index contributed by atoms with van der Waals surface area (Å²) in [7, 11) is -0.465. The lowest BCUT2D eigenvalue weighted by atomic mass is 10.3. The molecule has 2 rings (SSSR count). The molecule has 4 nitrogen and oxygen atoms in total. The maximum absolute atomic E-state index is 12.0. The van der Waals surface area contributed by atoms with Crippen molar-refractivity contribution in [3.63, 3.8) is 0 Å². The summed E-state index contributed by atoms with van der Waals surface area (Å²) in [4.78, 5) is 2.06. The highest BCUT2D eigenvalue weighted by Gasteiger charge is 2.18. The second-order valence-corrected chi connectivity index (χ2v) is 8.73. The summed E-state index contributed by atoms with van der Waals surface area (Å²) in [5.41, 5.74) is 6.43. The molecule has 0 saturated carbocycles. The third-order valence-corrected chi connectivity index (χ3v) is 6.24. The van der Waals surface area contributed by atoms with E-state index in [1.54, 1.807) is 12.1 Å². The summed E-state index contributed by atoms with van der Waals surface area (Å²) < 4.78 is 26.3. The standard InChI is InChI=1S/C14H15BrN2O2S2/c1-17(2)21(18,19)12-7-8-14(13(16)9-12)20-11-5-3-10(15)4-6-11/h3-9H,16H2,1-2H3. The van der Waals surface area contributed by atoms with Crippen LogP contribution in [-0.4, -0.2) is 26.8 Å². The van der Waals surface area contributed by atoms with Crippen LogP contribution in [0.3, 0.4) is 0 Å². The molecule has 0 fully saturated rings. The van der Waals surface area contributed by atoms with Crippen LogP contribution in [0.5, 0.6) is 0 Å². The third-order valence-electron chi connectivity index (χ3n) is 2.80. The highest BCUT2D eigenvalue weighted by molar-refractivity contribution is 9.10. The minimum absolute atomic E-state index is 0.199. The Labute approximate surface area is 137 Å². The Hall–Kier alpha value is -1.02. The van der Waals surface area contributed by atoms with Crippen LogP contribution in [0, 0.1) is 0 Å². The first-order chi connectivity index (χ1) is 9.80. The van der Waals surface area contributed by atoms with E-state index < -0.39 is 10.0 Å². The molecule has 0 aliphatic carbocycles. The lowest BCUT2D eigenvalue weighted by Gasteiger charge is -2.13. The number of anilines is 1. The van der Waals surface area contributed by atoms with Crippen LogP contribution in [0.15, 0.2) is 61.6 Å². The molecule has 7 heteroatoms. The van der Waals surface area contributed by atoms with Crippen LogP contribution in [0.1, 0.15) is 0 Å². The van der Waals surface area contributed by atoms with Crippen molar-refractivity contribution in [2.24, 2.45) is 0 Å². The van der Waals surface area contributed by atoms with E-state index in [0.29, 0.717) is 5.69 Å². The van der Waals surface area contributed by atoms with Gasteiger partial charge in [-0.15, -0.1) is 0 Å². The zero-order valence-corrected chi connectivity index (χ0v) is 14.8. The highest BCUT2D eigenvalue weighted by Crippen LogP contribution is 2.34. The van der Waals surface area contributed by atoms with E-state index in [-0.39, 0.29) is 4.90 Å². The van der Waals surface area contributed by atoms with E-state index >= 15 is 0 Å². The van der Waals surface area contributed by atoms with Crippen LogP contribution in [0.2, 0.25) is 0 Å². The third kappa shape index (κ3) is 3.79. The van der Waals surface area contributed by atoms with Gasteiger partial charge in [0, 0.05) is 34.0 Å². The first-order valence-corrected chi connectivity index (χ1v) is 9.11. The van der Waals surface area contributed by atoms with E-state index in [1.807, 2.05) is 24.3 Å². The van der Waals surface area contributed by atoms with Crippen LogP contribution in [0.25, 0.3) is 0 Å². The molecular weight excluding hydrogens is 372 g/mol. The SMILES string of the molecule is CN(C)S(=O)(=O)c1ccc(Sc2ccc(Br)cc2)c(N)c1. The van der Waals surface area contributed by atoms with E-state index in [2.05, 4.69) is 15.9 Å². The summed E-state index contributed by atoms with van der Waals surface area (Å²) >= 11 is 4.88. The van der Waals surface area contributed by atoms with Gasteiger partial charge in [-0.25, -0.2) is 12.7 Å². The van der Waals surface area contributed by atoms with Gasteiger partial charge in [0.2, 0.25) is 10.0 Å². The molecule has 2 aromatic carbocycles. The zero-order chi connectivity index (χ0) is 15.6. The Kier molecular flexibility index (Phi) is 4.98. The number of benzene rings is 2. The van der Waals surface area contributed by atoms with Crippen molar-refractivity contribution in [2.45, 2.75) is 14.7 Å². The molecule has 2 N–H and O–H groups in total. The molecule has 0 aliphatic heterocycles. The summed E-state index contributed by atoms with van der Waals surface area (Å²) in [5, 5.41) is 0. The van der Waals surface area contributed by atoms with E-state index in [4.69, 9.17) is 5.73 Å². The number of nitrogen functional groups attached to an aromatic ring is 1. The smallest absolute Gasteiger partial charge is 0.242 e. The molecule has 0 aromatic heterocycles. The molecule has 0 heterocycles. The molecule has 2 aromatic rings. The van der Waals surface area contributed by atoms with E-state index in [9.17, 15) is 8.42 Å². The largest absolute Gasteiger partial charge is 0.398 e. The van der Waals surface area contributed by atoms with Crippen molar-refractivity contribution in [3.05, 3.63) is 46.9 Å². The lowest BCUT2D eigenvalue weighted by molar-refractivity contribution is 0.520. The van der Waals surface area contributed by atoms with Gasteiger partial charge in [0.05, 0.1) is 4.90 Å². The molecule has 0 saturated heterocycles. The predicted octanol–water partition coefficient (Wildman–Crippen LogP) is 3.43. The molecule has 0 spiro atoms. The van der Waals surface area contributed by atoms with Crippen LogP contribution < -0.4 is 5.73 Å². The number of sulfonamides is 1. The Morgan fingerprint density at radius 1 is 1.10 bits per heavy atom. The summed E-state index contributed by atoms with van der Waals surface area (Å²) in [6, 6.07) is 12.6. The van der Waals surface area contributed by atoms with Gasteiger partial charge in [-0.05, 0) is 42.5 Å². The fourth-order valence-electron chi connectivity index (χ4n) is 1.62. The number of hydrogen-bond donors (Lipinski definition) is 1. The summed E-state index contributed by atoms with van der Waals surface area (Å²) in [6.45, 7) is 0. The van der Waals surface area contributed by atoms with Crippen LogP contribution in [0.4, 0.5) is 5.69 Å². The van der Waals surface area contributed by atoms with Crippen molar-refractivity contribution in [1.29, 1.82) is 0 Å². The molecule has 0 radical (unpaired) electrons. The Balaban J connectivity index is 2.30. The lowest BCUT2D eigenvalue weighted by Crippen LogP contribution is -2.22. The van der Waals surface area contributed by atoms with Gasteiger partial charge in [-0.2, -0.15) is 0 Å². The topological polar surface area (TPSA) is 63.4 Å². The minimum atomic E-state index is -3.46. The van der Waals surface area contributed by atoms with E-state index in [0.717, 1.165) is 14.3 Å². The number of nitrogens with zero attached hydrogens (tertiary/aromatic N) is 1. The van der Waals surface area contributed by atoms with Gasteiger partial charge >= 0.3 is 0 Å². The molecule has 0 atom stereocenters. The van der Waals surface area contributed by atoms with Crippen molar-refractivity contribution in [3.8, 4) is 0 Å². The average Bonchev–Trinajstić information content (AvgIpc) is 2.43. The summed E-state index contributed by atoms with van der Waals surface area (Å²) in [6.07, 6.45) is 0. The summed E-state index contributed by atoms with van der Waals surface area (Å²) in [5.74, 6) is 0. The first-order valence-electron chi connectivity index (χ1n) is 6.06. The van der Waals surface area contributed by atoms with Gasteiger partial charge in [0.1, 0.15) is 0 Å². The number of hydrogen-bond acceptors (Lipinski definition) is 4. The van der Waals surface area contributed by atoms with Crippen molar-refractivity contribution in [1.82, 2.24) is 4.31 Å². The molecule has 0 aliphatic rings.